The molecule has 1 aromatic rings. The Hall–Kier alpha value is -1.61. The van der Waals surface area contributed by atoms with Crippen LogP contribution in [0.25, 0.3) is 0 Å². The van der Waals surface area contributed by atoms with Gasteiger partial charge in [0, 0.05) is 11.3 Å². The zero-order chi connectivity index (χ0) is 14.8. The van der Waals surface area contributed by atoms with Crippen LogP contribution >= 0.6 is 0 Å². The van der Waals surface area contributed by atoms with Crippen LogP contribution in [-0.2, 0) is 16.8 Å². The van der Waals surface area contributed by atoms with Gasteiger partial charge < -0.3 is 14.4 Å². The van der Waals surface area contributed by atoms with E-state index in [9.17, 15) is 26.7 Å². The molecule has 5 nitrogen and oxygen atoms in total. The maximum atomic E-state index is 12.2. The summed E-state index contributed by atoms with van der Waals surface area (Å²) in [6, 6.07) is 1.70. The normalized spacial score (nSPS) is 13.1. The Morgan fingerprint density at radius 1 is 1.47 bits per heavy atom. The molecule has 0 heterocycles. The van der Waals surface area contributed by atoms with Gasteiger partial charge in [-0.05, 0) is 24.6 Å². The average molecular weight is 297 g/mol. The number of alkyl halides is 3. The number of carbonyl (C=O) groups is 1. The number of aryl methyl sites for hydroxylation is 1. The number of hydrogen-bond donors (Lipinski definition) is 1. The van der Waals surface area contributed by atoms with Crippen LogP contribution in [0.2, 0.25) is 0 Å². The first kappa shape index (κ1) is 15.4. The van der Waals surface area contributed by atoms with Gasteiger partial charge in [0.2, 0.25) is 0 Å². The van der Waals surface area contributed by atoms with Crippen molar-refractivity contribution in [3.05, 3.63) is 28.8 Å². The Balaban J connectivity index is 3.31. The van der Waals surface area contributed by atoms with Crippen LogP contribution in [-0.4, -0.2) is 26.2 Å². The fourth-order valence-electron chi connectivity index (χ4n) is 1.42. The van der Waals surface area contributed by atoms with Gasteiger partial charge in [-0.2, -0.15) is 0 Å². The topological polar surface area (TPSA) is 86.7 Å². The van der Waals surface area contributed by atoms with Gasteiger partial charge in [-0.1, -0.05) is 11.1 Å². The van der Waals surface area contributed by atoms with E-state index in [0.717, 1.165) is 12.1 Å². The van der Waals surface area contributed by atoms with E-state index in [2.05, 4.69) is 4.74 Å². The molecule has 0 aliphatic heterocycles. The van der Waals surface area contributed by atoms with E-state index in [-0.39, 0.29) is 16.7 Å². The lowest BCUT2D eigenvalue weighted by Crippen LogP contribution is -2.19. The number of hydrogen-bond acceptors (Lipinski definition) is 4. The summed E-state index contributed by atoms with van der Waals surface area (Å²) in [5.41, 5.74) is -0.615. The van der Waals surface area contributed by atoms with Crippen molar-refractivity contribution in [2.45, 2.75) is 19.0 Å². The van der Waals surface area contributed by atoms with Crippen LogP contribution in [0.5, 0.6) is 5.75 Å². The summed E-state index contributed by atoms with van der Waals surface area (Å²) in [4.78, 5) is 10.8. The molecule has 0 aliphatic carbocycles. The molecular weight excluding hydrogens is 289 g/mol. The molecular formula is C10H8F3O5S-. The Labute approximate surface area is 108 Å². The quantitative estimate of drug-likeness (QED) is 0.859. The number of rotatable bonds is 4. The van der Waals surface area contributed by atoms with E-state index in [1.54, 1.807) is 0 Å². The molecule has 1 N–H and O–H groups in total. The maximum absolute atomic E-state index is 12.2. The second kappa shape index (κ2) is 5.57. The molecule has 9 heteroatoms. The Kier molecular flexibility index (Phi) is 4.53. The minimum Gasteiger partial charge on any atom is -0.772 e. The molecule has 0 saturated heterocycles. The fourth-order valence-corrected chi connectivity index (χ4v) is 1.90. The summed E-state index contributed by atoms with van der Waals surface area (Å²) in [6.45, 7) is 1.28. The highest BCUT2D eigenvalue weighted by atomic mass is 32.2. The molecule has 0 aromatic heterocycles. The van der Waals surface area contributed by atoms with Gasteiger partial charge in [0.25, 0.3) is 0 Å². The molecule has 1 rings (SSSR count). The highest BCUT2D eigenvalue weighted by molar-refractivity contribution is 7.78. The third-order valence-corrected chi connectivity index (χ3v) is 2.68. The van der Waals surface area contributed by atoms with Crippen molar-refractivity contribution in [1.82, 2.24) is 0 Å². The standard InChI is InChI=1S/C10H9F3O5S/c1-5-2-8(18-10(11,12)13)6(4-19(16)17)3-7(5)9(14)15/h2-3H,4H2,1H3,(H,14,15)(H,16,17)/p-1. The van der Waals surface area contributed by atoms with Crippen molar-refractivity contribution in [3.8, 4) is 5.75 Å². The molecule has 1 atom stereocenters. The summed E-state index contributed by atoms with van der Waals surface area (Å²) in [5, 5.41) is 8.83. The number of benzene rings is 1. The molecule has 0 radical (unpaired) electrons. The zero-order valence-corrected chi connectivity index (χ0v) is 10.3. The van der Waals surface area contributed by atoms with Crippen LogP contribution in [0.4, 0.5) is 13.2 Å². The van der Waals surface area contributed by atoms with Crippen molar-refractivity contribution in [1.29, 1.82) is 0 Å². The van der Waals surface area contributed by atoms with Crippen LogP contribution in [0.15, 0.2) is 12.1 Å². The summed E-state index contributed by atoms with van der Waals surface area (Å²) in [6.07, 6.45) is -4.99. The van der Waals surface area contributed by atoms with E-state index >= 15 is 0 Å². The highest BCUT2D eigenvalue weighted by Gasteiger charge is 2.32. The van der Waals surface area contributed by atoms with Crippen LogP contribution in [0.3, 0.4) is 0 Å². The summed E-state index contributed by atoms with van der Waals surface area (Å²) < 4.78 is 61.3. The first-order valence-corrected chi connectivity index (χ1v) is 6.03. The first-order chi connectivity index (χ1) is 8.60. The fraction of sp³-hybridized carbons (Fsp3) is 0.300. The third-order valence-electron chi connectivity index (χ3n) is 2.14. The predicted molar refractivity (Wildman–Crippen MR) is 57.4 cm³/mol. The van der Waals surface area contributed by atoms with E-state index in [1.165, 1.54) is 6.92 Å². The SMILES string of the molecule is Cc1cc(OC(F)(F)F)c(CS(=O)[O-])cc1C(=O)O. The molecule has 0 aliphatic rings. The third kappa shape index (κ3) is 4.52. The van der Waals surface area contributed by atoms with Crippen molar-refractivity contribution in [3.63, 3.8) is 0 Å². The molecule has 0 bridgehead atoms. The lowest BCUT2D eigenvalue weighted by atomic mass is 10.0. The minimum absolute atomic E-state index is 0.0344. The Morgan fingerprint density at radius 2 is 2.05 bits per heavy atom. The van der Waals surface area contributed by atoms with E-state index in [4.69, 9.17) is 5.11 Å². The molecule has 19 heavy (non-hydrogen) atoms. The molecule has 106 valence electrons. The van der Waals surface area contributed by atoms with Gasteiger partial charge in [0.05, 0.1) is 5.56 Å². The highest BCUT2D eigenvalue weighted by Crippen LogP contribution is 2.30. The van der Waals surface area contributed by atoms with Gasteiger partial charge in [-0.3, -0.25) is 4.21 Å². The van der Waals surface area contributed by atoms with Crippen molar-refractivity contribution < 1.29 is 36.6 Å². The zero-order valence-electron chi connectivity index (χ0n) is 9.48. The van der Waals surface area contributed by atoms with Crippen molar-refractivity contribution in [2.75, 3.05) is 0 Å². The monoisotopic (exact) mass is 297 g/mol. The molecule has 0 amide bonds. The van der Waals surface area contributed by atoms with E-state index < -0.39 is 34.9 Å². The second-order valence-electron chi connectivity index (χ2n) is 3.58. The minimum atomic E-state index is -4.99. The summed E-state index contributed by atoms with van der Waals surface area (Å²) >= 11 is -2.67. The Morgan fingerprint density at radius 3 is 2.47 bits per heavy atom. The first-order valence-electron chi connectivity index (χ1n) is 4.78. The number of aromatic carboxylic acids is 1. The lowest BCUT2D eigenvalue weighted by molar-refractivity contribution is -0.274. The van der Waals surface area contributed by atoms with E-state index in [0.29, 0.717) is 0 Å². The number of halogens is 3. The largest absolute Gasteiger partial charge is 0.772 e. The summed E-state index contributed by atoms with van der Waals surface area (Å²) in [5.74, 6) is -2.86. The number of carboxylic acid groups (broad SMARTS) is 1. The van der Waals surface area contributed by atoms with Crippen molar-refractivity contribution in [2.24, 2.45) is 0 Å². The summed E-state index contributed by atoms with van der Waals surface area (Å²) in [7, 11) is 0. The van der Waals surface area contributed by atoms with Crippen LogP contribution in [0, 0.1) is 6.92 Å². The number of ether oxygens (including phenoxy) is 1. The molecule has 0 fully saturated rings. The van der Waals surface area contributed by atoms with E-state index in [1.807, 2.05) is 0 Å². The van der Waals surface area contributed by atoms with Gasteiger partial charge in [0.1, 0.15) is 5.75 Å². The second-order valence-corrected chi connectivity index (χ2v) is 4.47. The van der Waals surface area contributed by atoms with Gasteiger partial charge in [0.15, 0.2) is 0 Å². The lowest BCUT2D eigenvalue weighted by Gasteiger charge is -2.16. The molecule has 1 unspecified atom stereocenters. The van der Waals surface area contributed by atoms with Crippen LogP contribution in [0.1, 0.15) is 21.5 Å². The molecule has 0 spiro atoms. The molecule has 1 aromatic carbocycles. The predicted octanol–water partition coefficient (Wildman–Crippen LogP) is 1.97. The Bertz CT molecular complexity index is 527. The smallest absolute Gasteiger partial charge is 0.573 e. The van der Waals surface area contributed by atoms with Crippen LogP contribution < -0.4 is 4.74 Å². The van der Waals surface area contributed by atoms with Gasteiger partial charge >= 0.3 is 12.3 Å². The van der Waals surface area contributed by atoms with Gasteiger partial charge in [-0.25, -0.2) is 4.79 Å². The van der Waals surface area contributed by atoms with Crippen molar-refractivity contribution >= 4 is 17.0 Å². The maximum Gasteiger partial charge on any atom is 0.573 e. The van der Waals surface area contributed by atoms with Gasteiger partial charge in [-0.15, -0.1) is 13.2 Å². The molecule has 0 saturated carbocycles. The average Bonchev–Trinajstić information content (AvgIpc) is 2.18. The number of carboxylic acids is 1.